The lowest BCUT2D eigenvalue weighted by molar-refractivity contribution is -0.112. The average Bonchev–Trinajstić information content (AvgIpc) is 2.72. The number of anilines is 1. The van der Waals surface area contributed by atoms with Crippen LogP contribution in [0.3, 0.4) is 0 Å². The van der Waals surface area contributed by atoms with E-state index in [0.29, 0.717) is 0 Å². The van der Waals surface area contributed by atoms with Crippen molar-refractivity contribution in [3.63, 3.8) is 0 Å². The van der Waals surface area contributed by atoms with Crippen LogP contribution >= 0.6 is 0 Å². The Morgan fingerprint density at radius 1 is 1.36 bits per heavy atom. The molecule has 14 heavy (non-hydrogen) atoms. The second-order valence-corrected chi connectivity index (χ2v) is 3.01. The number of pyridine rings is 1. The van der Waals surface area contributed by atoms with Gasteiger partial charge < -0.3 is 5.32 Å². The number of nitrogens with zero attached hydrogens (tertiary/aromatic N) is 1. The summed E-state index contributed by atoms with van der Waals surface area (Å²) >= 11 is 0. The van der Waals surface area contributed by atoms with Gasteiger partial charge in [0.1, 0.15) is 0 Å². The maximum atomic E-state index is 11.6. The maximum absolute atomic E-state index is 11.6. The summed E-state index contributed by atoms with van der Waals surface area (Å²) in [6.45, 7) is 0. The van der Waals surface area contributed by atoms with Crippen molar-refractivity contribution >= 4 is 11.6 Å². The molecule has 0 aliphatic heterocycles. The zero-order valence-corrected chi connectivity index (χ0v) is 7.60. The normalized spacial score (nSPS) is 13.9. The van der Waals surface area contributed by atoms with Crippen LogP contribution in [0, 0.1) is 0 Å². The van der Waals surface area contributed by atoms with Crippen molar-refractivity contribution < 1.29 is 4.79 Å². The number of amides is 1. The van der Waals surface area contributed by atoms with E-state index in [4.69, 9.17) is 0 Å². The van der Waals surface area contributed by atoms with Crippen LogP contribution in [-0.2, 0) is 4.79 Å². The molecule has 1 N–H and O–H groups in total. The summed E-state index contributed by atoms with van der Waals surface area (Å²) in [5.41, 5.74) is 1.57. The Labute approximate surface area is 82.2 Å². The summed E-state index contributed by atoms with van der Waals surface area (Å²) in [7, 11) is 0. The van der Waals surface area contributed by atoms with Crippen LogP contribution in [0.2, 0.25) is 0 Å². The third-order valence-electron chi connectivity index (χ3n) is 2.00. The molecular weight excluding hydrogens is 176 g/mol. The van der Waals surface area contributed by atoms with E-state index in [1.807, 2.05) is 18.2 Å². The molecule has 0 saturated heterocycles. The van der Waals surface area contributed by atoms with E-state index in [-0.39, 0.29) is 5.91 Å². The summed E-state index contributed by atoms with van der Waals surface area (Å²) in [5, 5.41) is 2.80. The third-order valence-corrected chi connectivity index (χ3v) is 2.00. The van der Waals surface area contributed by atoms with Gasteiger partial charge in [0, 0.05) is 23.7 Å². The van der Waals surface area contributed by atoms with Crippen molar-refractivity contribution in [3.05, 3.63) is 48.3 Å². The number of carbonyl (C=O) groups excluding carboxylic acids is 1. The van der Waals surface area contributed by atoms with Gasteiger partial charge in [0.2, 0.25) is 0 Å². The second-order valence-electron chi connectivity index (χ2n) is 3.01. The molecule has 0 bridgehead atoms. The number of aromatic nitrogens is 1. The lowest BCUT2D eigenvalue weighted by Crippen LogP contribution is -2.13. The van der Waals surface area contributed by atoms with Crippen LogP contribution in [-0.4, -0.2) is 10.9 Å². The Balaban J connectivity index is 2.02. The third kappa shape index (κ3) is 1.88. The number of rotatable bonds is 2. The zero-order chi connectivity index (χ0) is 9.80. The predicted octanol–water partition coefficient (Wildman–Crippen LogP) is 1.91. The number of allylic oxidation sites excluding steroid dienone is 3. The van der Waals surface area contributed by atoms with Crippen molar-refractivity contribution in [2.24, 2.45) is 0 Å². The predicted molar refractivity (Wildman–Crippen MR) is 54.7 cm³/mol. The molecule has 1 aromatic heterocycles. The first kappa shape index (κ1) is 8.69. The van der Waals surface area contributed by atoms with E-state index in [0.717, 1.165) is 17.7 Å². The van der Waals surface area contributed by atoms with E-state index in [1.54, 1.807) is 24.5 Å². The molecule has 1 aliphatic carbocycles. The molecule has 3 heteroatoms. The highest BCUT2D eigenvalue weighted by Crippen LogP contribution is 2.13. The standard InChI is InChI=1S/C11H10N2O/c14-11(9-3-1-2-4-9)13-10-5-7-12-8-6-10/h1-3,5-8H,4H2,(H,12,13,14). The fourth-order valence-corrected chi connectivity index (χ4v) is 1.26. The summed E-state index contributed by atoms with van der Waals surface area (Å²) in [6, 6.07) is 3.53. The van der Waals surface area contributed by atoms with Gasteiger partial charge in [-0.1, -0.05) is 18.2 Å². The van der Waals surface area contributed by atoms with Crippen molar-refractivity contribution in [1.82, 2.24) is 4.98 Å². The quantitative estimate of drug-likeness (QED) is 0.766. The van der Waals surface area contributed by atoms with E-state index in [2.05, 4.69) is 10.3 Å². The molecule has 70 valence electrons. The van der Waals surface area contributed by atoms with E-state index >= 15 is 0 Å². The van der Waals surface area contributed by atoms with E-state index in [1.165, 1.54) is 0 Å². The van der Waals surface area contributed by atoms with Crippen LogP contribution in [0.4, 0.5) is 5.69 Å². The van der Waals surface area contributed by atoms with Gasteiger partial charge in [-0.15, -0.1) is 0 Å². The lowest BCUT2D eigenvalue weighted by Gasteiger charge is -2.04. The molecule has 0 unspecified atom stereocenters. The molecule has 0 aromatic carbocycles. The van der Waals surface area contributed by atoms with Gasteiger partial charge in [0.25, 0.3) is 5.91 Å². The second kappa shape index (κ2) is 3.87. The minimum Gasteiger partial charge on any atom is -0.322 e. The topological polar surface area (TPSA) is 42.0 Å². The van der Waals surface area contributed by atoms with Crippen LogP contribution in [0.15, 0.2) is 48.3 Å². The zero-order valence-electron chi connectivity index (χ0n) is 7.60. The van der Waals surface area contributed by atoms with Gasteiger partial charge in [-0.3, -0.25) is 9.78 Å². The number of nitrogens with one attached hydrogen (secondary N) is 1. The Morgan fingerprint density at radius 2 is 2.14 bits per heavy atom. The number of hydrogen-bond acceptors (Lipinski definition) is 2. The highest BCUT2D eigenvalue weighted by Gasteiger charge is 2.09. The highest BCUT2D eigenvalue weighted by molar-refractivity contribution is 6.04. The molecule has 3 nitrogen and oxygen atoms in total. The summed E-state index contributed by atoms with van der Waals surface area (Å²) in [6.07, 6.45) is 9.70. The molecule has 0 saturated carbocycles. The molecule has 1 amide bonds. The summed E-state index contributed by atoms with van der Waals surface area (Å²) < 4.78 is 0. The van der Waals surface area contributed by atoms with E-state index in [9.17, 15) is 4.79 Å². The summed E-state index contributed by atoms with van der Waals surface area (Å²) in [4.78, 5) is 15.4. The van der Waals surface area contributed by atoms with Crippen LogP contribution in [0.25, 0.3) is 0 Å². The Hall–Kier alpha value is -1.90. The van der Waals surface area contributed by atoms with Gasteiger partial charge in [-0.2, -0.15) is 0 Å². The van der Waals surface area contributed by atoms with Gasteiger partial charge in [0.15, 0.2) is 0 Å². The molecule has 0 spiro atoms. The first-order valence-corrected chi connectivity index (χ1v) is 4.43. The minimum absolute atomic E-state index is 0.0406. The Kier molecular flexibility index (Phi) is 2.40. The fourth-order valence-electron chi connectivity index (χ4n) is 1.26. The van der Waals surface area contributed by atoms with Gasteiger partial charge in [-0.25, -0.2) is 0 Å². The van der Waals surface area contributed by atoms with Gasteiger partial charge in [-0.05, 0) is 18.6 Å². The average molecular weight is 186 g/mol. The fraction of sp³-hybridized carbons (Fsp3) is 0.0909. The Morgan fingerprint density at radius 3 is 2.79 bits per heavy atom. The first-order chi connectivity index (χ1) is 6.86. The molecular formula is C11H10N2O. The number of hydrogen-bond donors (Lipinski definition) is 1. The van der Waals surface area contributed by atoms with Gasteiger partial charge >= 0.3 is 0 Å². The SMILES string of the molecule is O=C(Nc1ccncc1)C1=CC=CC1. The number of carbonyl (C=O) groups is 1. The lowest BCUT2D eigenvalue weighted by atomic mass is 10.2. The maximum Gasteiger partial charge on any atom is 0.251 e. The monoisotopic (exact) mass is 186 g/mol. The molecule has 0 fully saturated rings. The smallest absolute Gasteiger partial charge is 0.251 e. The van der Waals surface area contributed by atoms with Crippen molar-refractivity contribution in [2.75, 3.05) is 5.32 Å². The molecule has 2 rings (SSSR count). The van der Waals surface area contributed by atoms with Gasteiger partial charge in [0.05, 0.1) is 0 Å². The highest BCUT2D eigenvalue weighted by atomic mass is 16.1. The van der Waals surface area contributed by atoms with Crippen LogP contribution < -0.4 is 5.32 Å². The van der Waals surface area contributed by atoms with Crippen molar-refractivity contribution in [3.8, 4) is 0 Å². The van der Waals surface area contributed by atoms with Crippen molar-refractivity contribution in [2.45, 2.75) is 6.42 Å². The molecule has 0 radical (unpaired) electrons. The molecule has 1 aromatic rings. The van der Waals surface area contributed by atoms with Crippen molar-refractivity contribution in [1.29, 1.82) is 0 Å². The van der Waals surface area contributed by atoms with Crippen LogP contribution in [0.5, 0.6) is 0 Å². The van der Waals surface area contributed by atoms with Crippen LogP contribution in [0.1, 0.15) is 6.42 Å². The molecule has 1 aliphatic rings. The molecule has 0 atom stereocenters. The first-order valence-electron chi connectivity index (χ1n) is 4.43. The molecule has 1 heterocycles. The van der Waals surface area contributed by atoms with E-state index < -0.39 is 0 Å². The Bertz CT molecular complexity index is 393. The largest absolute Gasteiger partial charge is 0.322 e. The minimum atomic E-state index is -0.0406. The summed E-state index contributed by atoms with van der Waals surface area (Å²) in [5.74, 6) is -0.0406.